The lowest BCUT2D eigenvalue weighted by Crippen LogP contribution is -2.28. The molecule has 0 aliphatic rings. The molecule has 0 radical (unpaired) electrons. The minimum absolute atomic E-state index is 0.179. The molecule has 0 aliphatic carbocycles. The topological polar surface area (TPSA) is 99.6 Å². The Morgan fingerprint density at radius 1 is 1.17 bits per heavy atom. The van der Waals surface area contributed by atoms with Crippen molar-refractivity contribution in [2.45, 2.75) is 20.4 Å². The van der Waals surface area contributed by atoms with E-state index in [2.05, 4.69) is 36.4 Å². The average molecular weight is 456 g/mol. The molecule has 0 spiro atoms. The number of benzene rings is 1. The average Bonchev–Trinajstić information content (AvgIpc) is 3.17. The van der Waals surface area contributed by atoms with Crippen molar-refractivity contribution in [3.63, 3.8) is 0 Å². The molecule has 0 bridgehead atoms. The molecule has 148 valence electrons. The zero-order valence-electron chi connectivity index (χ0n) is 16.0. The lowest BCUT2D eigenvalue weighted by molar-refractivity contribution is -0.116. The van der Waals surface area contributed by atoms with Crippen LogP contribution in [0.4, 0.5) is 5.82 Å². The first-order valence-corrected chi connectivity index (χ1v) is 9.64. The van der Waals surface area contributed by atoms with Gasteiger partial charge in [0.25, 0.3) is 5.56 Å². The Bertz CT molecular complexity index is 1280. The van der Waals surface area contributed by atoms with Crippen LogP contribution in [0.5, 0.6) is 0 Å². The van der Waals surface area contributed by atoms with Crippen molar-refractivity contribution in [1.29, 1.82) is 0 Å². The summed E-state index contributed by atoms with van der Waals surface area (Å²) in [5.74, 6) is 0.169. The van der Waals surface area contributed by atoms with Crippen molar-refractivity contribution in [1.82, 2.24) is 29.1 Å². The maximum absolute atomic E-state index is 12.7. The molecule has 4 rings (SSSR count). The molecule has 1 aromatic carbocycles. The molecule has 0 unspecified atom stereocenters. The molecular weight excluding hydrogens is 438 g/mol. The number of fused-ring (bicyclic) bond motifs is 1. The Balaban J connectivity index is 1.61. The van der Waals surface area contributed by atoms with Gasteiger partial charge in [0.05, 0.1) is 11.4 Å². The highest BCUT2D eigenvalue weighted by molar-refractivity contribution is 9.10. The fourth-order valence-electron chi connectivity index (χ4n) is 3.06. The van der Waals surface area contributed by atoms with E-state index in [1.807, 2.05) is 38.1 Å². The molecule has 1 amide bonds. The third-order valence-electron chi connectivity index (χ3n) is 4.46. The highest BCUT2D eigenvalue weighted by atomic mass is 79.9. The SMILES string of the molecule is Cc1ccc(-n2nc(C)cc2NC(=O)Cn2cnc3c(c(Br)nn3C)c2=O)cc1. The molecule has 0 aliphatic heterocycles. The van der Waals surface area contributed by atoms with Crippen LogP contribution in [0.3, 0.4) is 0 Å². The van der Waals surface area contributed by atoms with Gasteiger partial charge in [-0.2, -0.15) is 10.2 Å². The van der Waals surface area contributed by atoms with Gasteiger partial charge in [0, 0.05) is 13.1 Å². The Morgan fingerprint density at radius 3 is 2.62 bits per heavy atom. The molecule has 29 heavy (non-hydrogen) atoms. The molecule has 0 atom stereocenters. The Kier molecular flexibility index (Phi) is 4.79. The zero-order valence-corrected chi connectivity index (χ0v) is 17.6. The van der Waals surface area contributed by atoms with E-state index in [1.54, 1.807) is 17.8 Å². The van der Waals surface area contributed by atoms with Crippen molar-refractivity contribution >= 4 is 38.7 Å². The number of hydrogen-bond donors (Lipinski definition) is 1. The van der Waals surface area contributed by atoms with E-state index in [1.165, 1.54) is 15.6 Å². The van der Waals surface area contributed by atoms with Crippen LogP contribution < -0.4 is 10.9 Å². The fraction of sp³-hybridized carbons (Fsp3) is 0.211. The smallest absolute Gasteiger partial charge is 0.266 e. The number of hydrogen-bond acceptors (Lipinski definition) is 5. The van der Waals surface area contributed by atoms with Gasteiger partial charge in [0.15, 0.2) is 5.65 Å². The van der Waals surface area contributed by atoms with Crippen molar-refractivity contribution in [3.05, 3.63) is 62.9 Å². The van der Waals surface area contributed by atoms with Gasteiger partial charge in [-0.3, -0.25) is 14.2 Å². The first-order chi connectivity index (χ1) is 13.8. The summed E-state index contributed by atoms with van der Waals surface area (Å²) < 4.78 is 4.82. The van der Waals surface area contributed by atoms with Gasteiger partial charge in [0.1, 0.15) is 28.7 Å². The van der Waals surface area contributed by atoms with Gasteiger partial charge < -0.3 is 5.32 Å². The molecular formula is C19H18BrN7O2. The first-order valence-electron chi connectivity index (χ1n) is 8.84. The molecule has 4 aromatic rings. The fourth-order valence-corrected chi connectivity index (χ4v) is 3.64. The first kappa shape index (κ1) is 19.1. The van der Waals surface area contributed by atoms with Crippen LogP contribution in [0.15, 0.2) is 46.1 Å². The molecule has 9 nitrogen and oxygen atoms in total. The predicted molar refractivity (Wildman–Crippen MR) is 112 cm³/mol. The molecule has 1 N–H and O–H groups in total. The minimum Gasteiger partial charge on any atom is -0.309 e. The maximum Gasteiger partial charge on any atom is 0.266 e. The summed E-state index contributed by atoms with van der Waals surface area (Å²) >= 11 is 3.27. The summed E-state index contributed by atoms with van der Waals surface area (Å²) in [5.41, 5.74) is 2.84. The largest absolute Gasteiger partial charge is 0.309 e. The number of rotatable bonds is 4. The minimum atomic E-state index is -0.360. The summed E-state index contributed by atoms with van der Waals surface area (Å²) in [4.78, 5) is 29.6. The van der Waals surface area contributed by atoms with Gasteiger partial charge in [-0.1, -0.05) is 17.7 Å². The second-order valence-corrected chi connectivity index (χ2v) is 7.51. The molecule has 0 fully saturated rings. The van der Waals surface area contributed by atoms with E-state index in [9.17, 15) is 9.59 Å². The van der Waals surface area contributed by atoms with Crippen molar-refractivity contribution < 1.29 is 4.79 Å². The van der Waals surface area contributed by atoms with E-state index < -0.39 is 0 Å². The monoisotopic (exact) mass is 455 g/mol. The number of carbonyl (C=O) groups is 1. The highest BCUT2D eigenvalue weighted by Crippen LogP contribution is 2.18. The van der Waals surface area contributed by atoms with Gasteiger partial charge in [0.2, 0.25) is 5.91 Å². The lowest BCUT2D eigenvalue weighted by Gasteiger charge is -2.10. The second kappa shape index (κ2) is 7.28. The van der Waals surface area contributed by atoms with Crippen molar-refractivity contribution in [2.24, 2.45) is 7.05 Å². The summed E-state index contributed by atoms with van der Waals surface area (Å²) in [6.07, 6.45) is 1.35. The molecule has 10 heteroatoms. The second-order valence-electron chi connectivity index (χ2n) is 6.76. The summed E-state index contributed by atoms with van der Waals surface area (Å²) in [5, 5.41) is 11.8. The van der Waals surface area contributed by atoms with Crippen LogP contribution in [-0.4, -0.2) is 35.0 Å². The van der Waals surface area contributed by atoms with Crippen LogP contribution in [0.1, 0.15) is 11.3 Å². The zero-order chi connectivity index (χ0) is 20.7. The molecule has 3 aromatic heterocycles. The van der Waals surface area contributed by atoms with Crippen LogP contribution in [-0.2, 0) is 18.4 Å². The Hall–Kier alpha value is -3.27. The number of aromatic nitrogens is 6. The van der Waals surface area contributed by atoms with Gasteiger partial charge >= 0.3 is 0 Å². The molecule has 0 saturated carbocycles. The number of aryl methyl sites for hydroxylation is 3. The standard InChI is InChI=1S/C19H18BrN7O2/c1-11-4-6-13(7-5-11)27-14(8-12(2)23-27)22-15(28)9-26-10-21-18-16(19(26)29)17(20)24-25(18)3/h4-8,10H,9H2,1-3H3,(H,22,28). The normalized spacial score (nSPS) is 11.2. The quantitative estimate of drug-likeness (QED) is 0.508. The Morgan fingerprint density at radius 2 is 1.90 bits per heavy atom. The molecule has 0 saturated heterocycles. The number of anilines is 1. The predicted octanol–water partition coefficient (Wildman–Crippen LogP) is 2.33. The lowest BCUT2D eigenvalue weighted by atomic mass is 10.2. The van der Waals surface area contributed by atoms with E-state index >= 15 is 0 Å². The van der Waals surface area contributed by atoms with Crippen molar-refractivity contribution in [2.75, 3.05) is 5.32 Å². The number of amides is 1. The van der Waals surface area contributed by atoms with Crippen molar-refractivity contribution in [3.8, 4) is 5.69 Å². The number of halogens is 1. The summed E-state index contributed by atoms with van der Waals surface area (Å²) in [6.45, 7) is 3.67. The molecule has 3 heterocycles. The highest BCUT2D eigenvalue weighted by Gasteiger charge is 2.16. The van der Waals surface area contributed by atoms with Crippen LogP contribution in [0.25, 0.3) is 16.7 Å². The summed E-state index contributed by atoms with van der Waals surface area (Å²) in [6, 6.07) is 9.59. The van der Waals surface area contributed by atoms with E-state index in [0.29, 0.717) is 21.5 Å². The van der Waals surface area contributed by atoms with E-state index in [-0.39, 0.29) is 18.0 Å². The third-order valence-corrected chi connectivity index (χ3v) is 5.01. The third kappa shape index (κ3) is 3.58. The van der Waals surface area contributed by atoms with Gasteiger partial charge in [-0.25, -0.2) is 14.3 Å². The number of nitrogens with zero attached hydrogens (tertiary/aromatic N) is 6. The van der Waals surface area contributed by atoms with E-state index in [4.69, 9.17) is 0 Å². The summed E-state index contributed by atoms with van der Waals surface area (Å²) in [7, 11) is 1.70. The van der Waals surface area contributed by atoms with E-state index in [0.717, 1.165) is 16.9 Å². The number of carbonyl (C=O) groups excluding carboxylic acids is 1. The Labute approximate surface area is 174 Å². The van der Waals surface area contributed by atoms with Crippen LogP contribution >= 0.6 is 15.9 Å². The maximum atomic E-state index is 12.7. The van der Waals surface area contributed by atoms with Gasteiger partial charge in [-0.15, -0.1) is 0 Å². The van der Waals surface area contributed by atoms with Gasteiger partial charge in [-0.05, 0) is 41.9 Å². The van der Waals surface area contributed by atoms with Crippen LogP contribution in [0, 0.1) is 13.8 Å². The number of nitrogens with one attached hydrogen (secondary N) is 1. The van der Waals surface area contributed by atoms with Crippen LogP contribution in [0.2, 0.25) is 0 Å².